The normalized spacial score (nSPS) is 15.9. The topological polar surface area (TPSA) is 105 Å². The Morgan fingerprint density at radius 1 is 1.15 bits per heavy atom. The summed E-state index contributed by atoms with van der Waals surface area (Å²) in [6, 6.07) is 13.4. The van der Waals surface area contributed by atoms with Crippen molar-refractivity contribution in [3.63, 3.8) is 0 Å². The highest BCUT2D eigenvalue weighted by Crippen LogP contribution is 2.38. The molecule has 2 aliphatic carbocycles. The number of fused-ring (bicyclic) bond motifs is 3. The number of carbonyl (C=O) groups excluding carboxylic acids is 3. The van der Waals surface area contributed by atoms with E-state index in [1.165, 1.54) is 31.9 Å². The van der Waals surface area contributed by atoms with Crippen LogP contribution in [0.3, 0.4) is 0 Å². The smallest absolute Gasteiger partial charge is 0.223 e. The van der Waals surface area contributed by atoms with E-state index in [0.29, 0.717) is 23.3 Å². The predicted molar refractivity (Wildman–Crippen MR) is 132 cm³/mol. The second-order valence-corrected chi connectivity index (χ2v) is 8.11. The SMILES string of the molecule is C=O.CC(C=O)C1CCCC1.CNC(=O)C/C=C/Oc1ccc2c(c1)/C(=N\O)c1ccccc1-2. The summed E-state index contributed by atoms with van der Waals surface area (Å²) in [5, 5.41) is 15.3. The Kier molecular flexibility index (Phi) is 10.7. The van der Waals surface area contributed by atoms with E-state index in [4.69, 9.17) is 9.53 Å². The van der Waals surface area contributed by atoms with Crippen LogP contribution in [0.5, 0.6) is 5.75 Å². The van der Waals surface area contributed by atoms with Crippen LogP contribution in [0.25, 0.3) is 11.1 Å². The number of rotatable bonds is 6. The Labute approximate surface area is 200 Å². The van der Waals surface area contributed by atoms with E-state index in [1.807, 2.05) is 56.2 Å². The first-order valence-electron chi connectivity index (χ1n) is 11.3. The zero-order valence-electron chi connectivity index (χ0n) is 19.7. The Morgan fingerprint density at radius 3 is 2.41 bits per heavy atom. The third-order valence-corrected chi connectivity index (χ3v) is 6.06. The molecular formula is C27H32N2O5. The Balaban J connectivity index is 0.000000311. The lowest BCUT2D eigenvalue weighted by atomic mass is 9.94. The van der Waals surface area contributed by atoms with E-state index >= 15 is 0 Å². The summed E-state index contributed by atoms with van der Waals surface area (Å²) in [4.78, 5) is 29.4. The Bertz CT molecular complexity index is 1030. The van der Waals surface area contributed by atoms with Crippen molar-refractivity contribution in [2.75, 3.05) is 7.05 Å². The van der Waals surface area contributed by atoms with Crippen LogP contribution < -0.4 is 10.1 Å². The fourth-order valence-electron chi connectivity index (χ4n) is 4.18. The van der Waals surface area contributed by atoms with Crippen LogP contribution in [0.1, 0.15) is 50.2 Å². The summed E-state index contributed by atoms with van der Waals surface area (Å²) >= 11 is 0. The number of amides is 1. The predicted octanol–water partition coefficient (Wildman–Crippen LogP) is 4.75. The van der Waals surface area contributed by atoms with E-state index in [2.05, 4.69) is 10.5 Å². The summed E-state index contributed by atoms with van der Waals surface area (Å²) in [6.45, 7) is 4.03. The summed E-state index contributed by atoms with van der Waals surface area (Å²) in [5.74, 6) is 1.56. The van der Waals surface area contributed by atoms with Crippen LogP contribution in [0, 0.1) is 11.8 Å². The molecule has 0 radical (unpaired) electrons. The molecule has 1 unspecified atom stereocenters. The van der Waals surface area contributed by atoms with Crippen molar-refractivity contribution in [1.82, 2.24) is 5.32 Å². The highest BCUT2D eigenvalue weighted by molar-refractivity contribution is 6.24. The van der Waals surface area contributed by atoms with Gasteiger partial charge in [0, 0.05) is 30.5 Å². The van der Waals surface area contributed by atoms with Crippen molar-refractivity contribution in [1.29, 1.82) is 0 Å². The molecule has 2 aromatic carbocycles. The Hall–Kier alpha value is -3.74. The second kappa shape index (κ2) is 13.7. The first-order chi connectivity index (χ1) is 16.6. The molecule has 2 N–H and O–H groups in total. The van der Waals surface area contributed by atoms with Crippen LogP contribution in [0.2, 0.25) is 0 Å². The van der Waals surface area contributed by atoms with Gasteiger partial charge in [-0.15, -0.1) is 0 Å². The number of nitrogens with zero attached hydrogens (tertiary/aromatic N) is 1. The summed E-state index contributed by atoms with van der Waals surface area (Å²) in [7, 11) is 1.59. The minimum Gasteiger partial charge on any atom is -0.465 e. The maximum atomic E-state index is 11.1. The number of carbonyl (C=O) groups is 3. The van der Waals surface area contributed by atoms with Crippen molar-refractivity contribution in [3.8, 4) is 16.9 Å². The van der Waals surface area contributed by atoms with Gasteiger partial charge in [-0.05, 0) is 54.2 Å². The lowest BCUT2D eigenvalue weighted by Crippen LogP contribution is -2.16. The first-order valence-corrected chi connectivity index (χ1v) is 11.3. The molecule has 2 aromatic rings. The molecule has 0 bridgehead atoms. The molecule has 0 aliphatic heterocycles. The van der Waals surface area contributed by atoms with Crippen molar-refractivity contribution in [2.45, 2.75) is 39.0 Å². The van der Waals surface area contributed by atoms with Gasteiger partial charge in [0.1, 0.15) is 24.5 Å². The highest BCUT2D eigenvalue weighted by atomic mass is 16.5. The number of hydrogen-bond acceptors (Lipinski definition) is 6. The van der Waals surface area contributed by atoms with Gasteiger partial charge >= 0.3 is 0 Å². The molecule has 34 heavy (non-hydrogen) atoms. The van der Waals surface area contributed by atoms with Gasteiger partial charge in [0.25, 0.3) is 0 Å². The van der Waals surface area contributed by atoms with Gasteiger partial charge in [0.05, 0.1) is 6.26 Å². The van der Waals surface area contributed by atoms with E-state index in [9.17, 15) is 14.8 Å². The molecule has 1 fully saturated rings. The number of hydrogen-bond donors (Lipinski definition) is 2. The van der Waals surface area contributed by atoms with E-state index in [-0.39, 0.29) is 12.3 Å². The molecule has 1 saturated carbocycles. The maximum absolute atomic E-state index is 11.1. The number of aldehydes is 1. The third-order valence-electron chi connectivity index (χ3n) is 6.06. The lowest BCUT2D eigenvalue weighted by molar-refractivity contribution is -0.119. The zero-order chi connectivity index (χ0) is 24.9. The molecule has 0 spiro atoms. The molecule has 1 amide bonds. The third kappa shape index (κ3) is 6.63. The van der Waals surface area contributed by atoms with Gasteiger partial charge < -0.3 is 24.8 Å². The molecule has 7 nitrogen and oxygen atoms in total. The molecule has 4 rings (SSSR count). The molecular weight excluding hydrogens is 432 g/mol. The molecule has 180 valence electrons. The fourth-order valence-corrected chi connectivity index (χ4v) is 4.18. The summed E-state index contributed by atoms with van der Waals surface area (Å²) < 4.78 is 5.52. The number of oxime groups is 1. The summed E-state index contributed by atoms with van der Waals surface area (Å²) in [6.07, 6.45) is 9.70. The van der Waals surface area contributed by atoms with E-state index in [0.717, 1.165) is 28.5 Å². The first kappa shape index (κ1) is 26.5. The van der Waals surface area contributed by atoms with Crippen LogP contribution in [-0.4, -0.2) is 36.9 Å². The maximum Gasteiger partial charge on any atom is 0.223 e. The molecule has 7 heteroatoms. The molecule has 0 saturated heterocycles. The average Bonchev–Trinajstić information content (AvgIpc) is 3.54. The van der Waals surface area contributed by atoms with Crippen LogP contribution >= 0.6 is 0 Å². The zero-order valence-corrected chi connectivity index (χ0v) is 19.7. The highest BCUT2D eigenvalue weighted by Gasteiger charge is 2.25. The summed E-state index contributed by atoms with van der Waals surface area (Å²) in [5.41, 5.74) is 4.31. The Morgan fingerprint density at radius 2 is 1.79 bits per heavy atom. The van der Waals surface area contributed by atoms with Crippen LogP contribution in [0.15, 0.2) is 60.0 Å². The number of nitrogens with one attached hydrogen (secondary N) is 1. The minimum atomic E-state index is -0.0797. The quantitative estimate of drug-likeness (QED) is 0.237. The van der Waals surface area contributed by atoms with E-state index < -0.39 is 0 Å². The monoisotopic (exact) mass is 464 g/mol. The average molecular weight is 465 g/mol. The lowest BCUT2D eigenvalue weighted by Gasteiger charge is -2.10. The van der Waals surface area contributed by atoms with Gasteiger partial charge in [0.2, 0.25) is 5.91 Å². The largest absolute Gasteiger partial charge is 0.465 e. The van der Waals surface area contributed by atoms with Gasteiger partial charge in [-0.1, -0.05) is 49.2 Å². The minimum absolute atomic E-state index is 0.0797. The molecule has 0 heterocycles. The number of ether oxygens (including phenoxy) is 1. The van der Waals surface area contributed by atoms with Crippen molar-refractivity contribution < 1.29 is 24.3 Å². The van der Waals surface area contributed by atoms with Gasteiger partial charge in [-0.25, -0.2) is 0 Å². The van der Waals surface area contributed by atoms with Crippen molar-refractivity contribution in [3.05, 3.63) is 65.9 Å². The molecule has 1 atom stereocenters. The van der Waals surface area contributed by atoms with Crippen molar-refractivity contribution >= 4 is 24.7 Å². The van der Waals surface area contributed by atoms with Gasteiger partial charge in [-0.2, -0.15) is 0 Å². The van der Waals surface area contributed by atoms with Crippen LogP contribution in [0.4, 0.5) is 0 Å². The number of benzene rings is 2. The standard InChI is InChI=1S/C18H16N2O3.C8H14O.CH2O/c1-19-17(21)7-4-10-23-12-8-9-14-13-5-2-3-6-15(13)18(20-22)16(14)11-12;1-7(6-9)8-4-2-3-5-8;1-2/h2-6,8-11,22H,7H2,1H3,(H,19,21);6-8H,2-5H2,1H3;1H2/b10-4+,20-18-;;. The van der Waals surface area contributed by atoms with Crippen molar-refractivity contribution in [2.24, 2.45) is 17.0 Å². The molecule has 0 aromatic heterocycles. The van der Waals surface area contributed by atoms with E-state index in [1.54, 1.807) is 13.1 Å². The molecule has 2 aliphatic rings. The van der Waals surface area contributed by atoms with Crippen LogP contribution in [-0.2, 0) is 14.4 Å². The second-order valence-electron chi connectivity index (χ2n) is 8.11. The fraction of sp³-hybridized carbons (Fsp3) is 0.333. The van der Waals surface area contributed by atoms with Gasteiger partial charge in [0.15, 0.2) is 0 Å². The van der Waals surface area contributed by atoms with Gasteiger partial charge in [-0.3, -0.25) is 4.79 Å².